The van der Waals surface area contributed by atoms with Crippen molar-refractivity contribution in [2.75, 3.05) is 20.3 Å². The summed E-state index contributed by atoms with van der Waals surface area (Å²) in [6.45, 7) is -0.0603. The van der Waals surface area contributed by atoms with Gasteiger partial charge in [0.2, 0.25) is 5.79 Å². The summed E-state index contributed by atoms with van der Waals surface area (Å²) in [5, 5.41) is 4.84. The Bertz CT molecular complexity index is 864. The number of benzene rings is 1. The fourth-order valence-corrected chi connectivity index (χ4v) is 3.46. The van der Waals surface area contributed by atoms with E-state index in [0.29, 0.717) is 15.6 Å². The van der Waals surface area contributed by atoms with Gasteiger partial charge in [0.05, 0.1) is 25.3 Å². The third kappa shape index (κ3) is 4.34. The molecule has 1 fully saturated rings. The third-order valence-corrected chi connectivity index (χ3v) is 5.02. The van der Waals surface area contributed by atoms with Crippen LogP contribution in [0.3, 0.4) is 0 Å². The average Bonchev–Trinajstić information content (AvgIpc) is 3.24. The minimum atomic E-state index is -4.08. The fourth-order valence-electron chi connectivity index (χ4n) is 2.49. The van der Waals surface area contributed by atoms with Crippen LogP contribution in [0.2, 0.25) is 10.0 Å². The summed E-state index contributed by atoms with van der Waals surface area (Å²) in [6.07, 6.45) is 2.20. The van der Waals surface area contributed by atoms with Crippen LogP contribution in [-0.4, -0.2) is 49.6 Å². The van der Waals surface area contributed by atoms with Gasteiger partial charge < -0.3 is 9.47 Å². The number of rotatable bonds is 7. The van der Waals surface area contributed by atoms with E-state index in [4.69, 9.17) is 36.9 Å². The molecule has 142 valence electrons. The molecule has 0 amide bonds. The van der Waals surface area contributed by atoms with Crippen LogP contribution in [0, 0.1) is 0 Å². The summed E-state index contributed by atoms with van der Waals surface area (Å²) in [5.74, 6) is -1.31. The Morgan fingerprint density at radius 3 is 2.88 bits per heavy atom. The van der Waals surface area contributed by atoms with Gasteiger partial charge in [-0.1, -0.05) is 29.3 Å². The lowest BCUT2D eigenvalue weighted by atomic mass is 10.1. The summed E-state index contributed by atoms with van der Waals surface area (Å²) in [5.41, 5.74) is 0.524. The number of nitrogens with zero attached hydrogens (tertiary/aromatic N) is 3. The first-order valence-electron chi connectivity index (χ1n) is 7.38. The lowest BCUT2D eigenvalue weighted by molar-refractivity contribution is -0.190. The molecular formula is C14H15Cl2N3O6S. The molecule has 0 N–H and O–H groups in total. The Labute approximate surface area is 160 Å². The highest BCUT2D eigenvalue weighted by Gasteiger charge is 2.45. The zero-order valence-electron chi connectivity index (χ0n) is 13.5. The molecule has 0 unspecified atom stereocenters. The van der Waals surface area contributed by atoms with Crippen molar-refractivity contribution in [1.82, 2.24) is 14.8 Å². The van der Waals surface area contributed by atoms with Gasteiger partial charge in [-0.05, 0) is 12.1 Å². The highest BCUT2D eigenvalue weighted by atomic mass is 35.5. The largest absolute Gasteiger partial charge is 0.399 e. The van der Waals surface area contributed by atoms with E-state index >= 15 is 0 Å². The zero-order valence-corrected chi connectivity index (χ0v) is 15.9. The van der Waals surface area contributed by atoms with E-state index in [9.17, 15) is 8.42 Å². The molecule has 2 heterocycles. The molecule has 3 rings (SSSR count). The standard InChI is InChI=1S/C14H15Cl2N3O6S/c1-22-26(20,21)24-6-11-5-23-14(25-11,7-19-9-17-8-18-19)12-3-2-10(15)4-13(12)16/h2-4,8-9,11H,5-7H2,1H3/t11-,14-/m0/s1. The minimum absolute atomic E-state index is 0.0763. The topological polar surface area (TPSA) is 102 Å². The van der Waals surface area contributed by atoms with Crippen molar-refractivity contribution in [3.63, 3.8) is 0 Å². The van der Waals surface area contributed by atoms with Crippen molar-refractivity contribution in [3.05, 3.63) is 46.5 Å². The lowest BCUT2D eigenvalue weighted by Gasteiger charge is -2.29. The predicted octanol–water partition coefficient (Wildman–Crippen LogP) is 1.76. The van der Waals surface area contributed by atoms with E-state index in [1.54, 1.807) is 18.2 Å². The van der Waals surface area contributed by atoms with Crippen LogP contribution in [0.4, 0.5) is 0 Å². The Kier molecular flexibility index (Phi) is 5.82. The Hall–Kier alpha value is -1.27. The van der Waals surface area contributed by atoms with Crippen LogP contribution < -0.4 is 0 Å². The smallest absolute Gasteiger partial charge is 0.342 e. The normalized spacial score (nSPS) is 23.4. The van der Waals surface area contributed by atoms with Gasteiger partial charge in [0.15, 0.2) is 0 Å². The number of hydrogen-bond acceptors (Lipinski definition) is 8. The second-order valence-corrected chi connectivity index (χ2v) is 7.61. The number of ether oxygens (including phenoxy) is 2. The maximum absolute atomic E-state index is 11.3. The molecule has 12 heteroatoms. The van der Waals surface area contributed by atoms with Crippen molar-refractivity contribution < 1.29 is 26.3 Å². The lowest BCUT2D eigenvalue weighted by Crippen LogP contribution is -2.35. The molecule has 1 aromatic carbocycles. The highest BCUT2D eigenvalue weighted by Crippen LogP contribution is 2.40. The maximum atomic E-state index is 11.3. The second kappa shape index (κ2) is 7.77. The molecule has 1 aliphatic heterocycles. The fraction of sp³-hybridized carbons (Fsp3) is 0.429. The summed E-state index contributed by atoms with van der Waals surface area (Å²) in [7, 11) is -3.08. The summed E-state index contributed by atoms with van der Waals surface area (Å²) >= 11 is 12.3. The van der Waals surface area contributed by atoms with Crippen molar-refractivity contribution in [3.8, 4) is 0 Å². The maximum Gasteiger partial charge on any atom is 0.399 e. The van der Waals surface area contributed by atoms with Crippen LogP contribution in [0.15, 0.2) is 30.9 Å². The van der Waals surface area contributed by atoms with E-state index in [1.807, 2.05) is 0 Å². The highest BCUT2D eigenvalue weighted by molar-refractivity contribution is 7.81. The third-order valence-electron chi connectivity index (χ3n) is 3.64. The van der Waals surface area contributed by atoms with Crippen molar-refractivity contribution in [2.45, 2.75) is 18.4 Å². The molecular weight excluding hydrogens is 409 g/mol. The van der Waals surface area contributed by atoms with E-state index in [1.165, 1.54) is 17.3 Å². The van der Waals surface area contributed by atoms with Crippen LogP contribution in [0.25, 0.3) is 0 Å². The second-order valence-electron chi connectivity index (χ2n) is 5.38. The Morgan fingerprint density at radius 1 is 1.42 bits per heavy atom. The van der Waals surface area contributed by atoms with E-state index in [0.717, 1.165) is 7.11 Å². The van der Waals surface area contributed by atoms with E-state index < -0.39 is 22.3 Å². The van der Waals surface area contributed by atoms with Crippen LogP contribution in [-0.2, 0) is 40.6 Å². The molecule has 1 aromatic heterocycles. The molecule has 0 aliphatic carbocycles. The van der Waals surface area contributed by atoms with Gasteiger partial charge in [-0.2, -0.15) is 13.5 Å². The molecule has 1 saturated heterocycles. The SMILES string of the molecule is COS(=O)(=O)OC[C@@H]1CO[C@](Cn2cncn2)(c2ccc(Cl)cc2Cl)O1. The quantitative estimate of drug-likeness (QED) is 0.663. The summed E-state index contributed by atoms with van der Waals surface area (Å²) in [4.78, 5) is 3.89. The molecule has 1 aliphatic rings. The molecule has 9 nitrogen and oxygen atoms in total. The molecule has 0 radical (unpaired) electrons. The average molecular weight is 424 g/mol. The van der Waals surface area contributed by atoms with Crippen molar-refractivity contribution in [1.29, 1.82) is 0 Å². The first-order valence-corrected chi connectivity index (χ1v) is 9.47. The molecule has 2 aromatic rings. The Morgan fingerprint density at radius 2 is 2.23 bits per heavy atom. The summed E-state index contributed by atoms with van der Waals surface area (Å²) in [6, 6.07) is 4.89. The zero-order chi connectivity index (χ0) is 18.8. The van der Waals surface area contributed by atoms with E-state index in [2.05, 4.69) is 14.3 Å². The van der Waals surface area contributed by atoms with Gasteiger partial charge in [0.1, 0.15) is 25.3 Å². The van der Waals surface area contributed by atoms with Crippen LogP contribution >= 0.6 is 23.2 Å². The van der Waals surface area contributed by atoms with Gasteiger partial charge in [0, 0.05) is 10.6 Å². The van der Waals surface area contributed by atoms with Crippen LogP contribution in [0.1, 0.15) is 5.56 Å². The van der Waals surface area contributed by atoms with Gasteiger partial charge in [0.25, 0.3) is 0 Å². The van der Waals surface area contributed by atoms with Gasteiger partial charge >= 0.3 is 10.4 Å². The predicted molar refractivity (Wildman–Crippen MR) is 90.9 cm³/mol. The van der Waals surface area contributed by atoms with Crippen molar-refractivity contribution >= 4 is 33.6 Å². The molecule has 0 spiro atoms. The minimum Gasteiger partial charge on any atom is -0.342 e. The van der Waals surface area contributed by atoms with Gasteiger partial charge in [-0.25, -0.2) is 13.8 Å². The van der Waals surface area contributed by atoms with Crippen LogP contribution in [0.5, 0.6) is 0 Å². The van der Waals surface area contributed by atoms with Crippen molar-refractivity contribution in [2.24, 2.45) is 0 Å². The van der Waals surface area contributed by atoms with Gasteiger partial charge in [-0.3, -0.25) is 4.18 Å². The first-order chi connectivity index (χ1) is 12.3. The molecule has 0 bridgehead atoms. The monoisotopic (exact) mass is 423 g/mol. The number of aromatic nitrogens is 3. The number of hydrogen-bond donors (Lipinski definition) is 0. The first kappa shape index (κ1) is 19.5. The molecule has 2 atom stereocenters. The van der Waals surface area contributed by atoms with E-state index in [-0.39, 0.29) is 19.8 Å². The Balaban J connectivity index is 1.85. The van der Waals surface area contributed by atoms with Gasteiger partial charge in [-0.15, -0.1) is 0 Å². The summed E-state index contributed by atoms with van der Waals surface area (Å²) < 4.78 is 45.0. The molecule has 26 heavy (non-hydrogen) atoms. The molecule has 0 saturated carbocycles. The number of halogens is 2.